The summed E-state index contributed by atoms with van der Waals surface area (Å²) in [5, 5.41) is 4.56. The highest BCUT2D eigenvalue weighted by Crippen LogP contribution is 2.27. The summed E-state index contributed by atoms with van der Waals surface area (Å²) in [5.74, 6) is 0. The molecule has 0 amide bonds. The molecular formula is C14H25N3O2S. The Kier molecular flexibility index (Phi) is 6.72. The van der Waals surface area contributed by atoms with E-state index in [0.717, 1.165) is 64.0 Å². The van der Waals surface area contributed by atoms with E-state index >= 15 is 0 Å². The predicted molar refractivity (Wildman–Crippen MR) is 82.7 cm³/mol. The molecule has 1 N–H and O–H groups in total. The summed E-state index contributed by atoms with van der Waals surface area (Å²) in [7, 11) is 1.73. The van der Waals surface area contributed by atoms with Crippen LogP contribution in [0.5, 0.6) is 0 Å². The van der Waals surface area contributed by atoms with Gasteiger partial charge in [-0.15, -0.1) is 11.3 Å². The Morgan fingerprint density at radius 3 is 3.10 bits per heavy atom. The molecule has 0 atom stereocenters. The Labute approximate surface area is 125 Å². The second kappa shape index (κ2) is 8.56. The number of hydrogen-bond donors (Lipinski definition) is 1. The minimum Gasteiger partial charge on any atom is -0.383 e. The Balaban J connectivity index is 1.97. The van der Waals surface area contributed by atoms with Gasteiger partial charge in [-0.05, 0) is 12.8 Å². The summed E-state index contributed by atoms with van der Waals surface area (Å²) in [5.41, 5.74) is 1.22. The monoisotopic (exact) mass is 299 g/mol. The molecule has 2 rings (SSSR count). The van der Waals surface area contributed by atoms with Gasteiger partial charge in [-0.1, -0.05) is 6.92 Å². The van der Waals surface area contributed by atoms with Crippen LogP contribution in [-0.4, -0.2) is 51.5 Å². The van der Waals surface area contributed by atoms with Crippen molar-refractivity contribution in [2.45, 2.75) is 26.3 Å². The van der Waals surface area contributed by atoms with E-state index in [-0.39, 0.29) is 0 Å². The SMILES string of the molecule is CCc1nc(N2CCCOCC2)sc1CNCCOC. The number of thiazole rings is 1. The highest BCUT2D eigenvalue weighted by atomic mass is 32.1. The molecule has 6 heteroatoms. The molecule has 1 aromatic rings. The molecule has 0 spiro atoms. The maximum absolute atomic E-state index is 5.51. The first kappa shape index (κ1) is 15.7. The van der Waals surface area contributed by atoms with Gasteiger partial charge in [-0.2, -0.15) is 0 Å². The van der Waals surface area contributed by atoms with Gasteiger partial charge in [0.2, 0.25) is 0 Å². The molecule has 1 fully saturated rings. The Morgan fingerprint density at radius 2 is 2.30 bits per heavy atom. The topological polar surface area (TPSA) is 46.6 Å². The van der Waals surface area contributed by atoms with Crippen molar-refractivity contribution in [3.05, 3.63) is 10.6 Å². The summed E-state index contributed by atoms with van der Waals surface area (Å²) in [6.45, 7) is 8.36. The average molecular weight is 299 g/mol. The summed E-state index contributed by atoms with van der Waals surface area (Å²) in [6.07, 6.45) is 2.07. The van der Waals surface area contributed by atoms with E-state index in [1.807, 2.05) is 11.3 Å². The third kappa shape index (κ3) is 4.41. The van der Waals surface area contributed by atoms with Crippen LogP contribution in [0.15, 0.2) is 0 Å². The smallest absolute Gasteiger partial charge is 0.185 e. The number of hydrogen-bond acceptors (Lipinski definition) is 6. The molecule has 0 saturated carbocycles. The summed E-state index contributed by atoms with van der Waals surface area (Å²) < 4.78 is 10.6. The van der Waals surface area contributed by atoms with Crippen molar-refractivity contribution in [1.82, 2.24) is 10.3 Å². The van der Waals surface area contributed by atoms with E-state index in [0.29, 0.717) is 0 Å². The summed E-state index contributed by atoms with van der Waals surface area (Å²) in [6, 6.07) is 0. The number of ether oxygens (including phenoxy) is 2. The van der Waals surface area contributed by atoms with Gasteiger partial charge in [0.05, 0.1) is 18.9 Å². The molecule has 1 aromatic heterocycles. The zero-order chi connectivity index (χ0) is 14.2. The molecule has 5 nitrogen and oxygen atoms in total. The number of aryl methyl sites for hydroxylation is 1. The first-order valence-electron chi connectivity index (χ1n) is 7.36. The van der Waals surface area contributed by atoms with Crippen molar-refractivity contribution >= 4 is 16.5 Å². The van der Waals surface area contributed by atoms with Crippen molar-refractivity contribution in [1.29, 1.82) is 0 Å². The lowest BCUT2D eigenvalue weighted by atomic mass is 10.3. The summed E-state index contributed by atoms with van der Waals surface area (Å²) in [4.78, 5) is 8.52. The predicted octanol–water partition coefficient (Wildman–Crippen LogP) is 1.67. The van der Waals surface area contributed by atoms with Crippen molar-refractivity contribution in [3.63, 3.8) is 0 Å². The highest BCUT2D eigenvalue weighted by molar-refractivity contribution is 7.15. The normalized spacial score (nSPS) is 16.4. The number of methoxy groups -OCH3 is 1. The molecule has 1 saturated heterocycles. The van der Waals surface area contributed by atoms with Crippen molar-refractivity contribution < 1.29 is 9.47 Å². The van der Waals surface area contributed by atoms with Crippen LogP contribution in [0.1, 0.15) is 23.9 Å². The molecule has 20 heavy (non-hydrogen) atoms. The van der Waals surface area contributed by atoms with Gasteiger partial charge in [0.15, 0.2) is 5.13 Å². The second-order valence-electron chi connectivity index (χ2n) is 4.84. The van der Waals surface area contributed by atoms with Crippen LogP contribution in [0.4, 0.5) is 5.13 Å². The van der Waals surface area contributed by atoms with Gasteiger partial charge in [0.25, 0.3) is 0 Å². The maximum Gasteiger partial charge on any atom is 0.185 e. The largest absolute Gasteiger partial charge is 0.383 e. The zero-order valence-corrected chi connectivity index (χ0v) is 13.3. The first-order chi connectivity index (χ1) is 9.85. The second-order valence-corrected chi connectivity index (χ2v) is 5.90. The average Bonchev–Trinajstić information content (AvgIpc) is 2.69. The third-order valence-corrected chi connectivity index (χ3v) is 4.52. The fraction of sp³-hybridized carbons (Fsp3) is 0.786. The van der Waals surface area contributed by atoms with E-state index in [1.54, 1.807) is 7.11 Å². The number of nitrogens with one attached hydrogen (secondary N) is 1. The Morgan fingerprint density at radius 1 is 1.40 bits per heavy atom. The molecule has 114 valence electrons. The van der Waals surface area contributed by atoms with Gasteiger partial charge >= 0.3 is 0 Å². The molecule has 1 aliphatic rings. The molecule has 1 aliphatic heterocycles. The van der Waals surface area contributed by atoms with Crippen LogP contribution in [0, 0.1) is 0 Å². The van der Waals surface area contributed by atoms with Gasteiger partial charge < -0.3 is 19.7 Å². The van der Waals surface area contributed by atoms with E-state index < -0.39 is 0 Å². The third-order valence-electron chi connectivity index (χ3n) is 3.36. The minimum atomic E-state index is 0.747. The lowest BCUT2D eigenvalue weighted by molar-refractivity contribution is 0.152. The van der Waals surface area contributed by atoms with E-state index in [2.05, 4.69) is 17.1 Å². The van der Waals surface area contributed by atoms with Crippen LogP contribution in [0.3, 0.4) is 0 Å². The van der Waals surface area contributed by atoms with Gasteiger partial charge in [-0.3, -0.25) is 0 Å². The molecule has 0 aliphatic carbocycles. The minimum absolute atomic E-state index is 0.747. The lowest BCUT2D eigenvalue weighted by Gasteiger charge is -2.17. The molecule has 0 aromatic carbocycles. The molecule has 0 unspecified atom stereocenters. The number of anilines is 1. The van der Waals surface area contributed by atoms with Crippen molar-refractivity contribution in [3.8, 4) is 0 Å². The fourth-order valence-electron chi connectivity index (χ4n) is 2.23. The first-order valence-corrected chi connectivity index (χ1v) is 8.17. The van der Waals surface area contributed by atoms with Crippen LogP contribution < -0.4 is 10.2 Å². The quantitative estimate of drug-likeness (QED) is 0.776. The van der Waals surface area contributed by atoms with Crippen LogP contribution in [-0.2, 0) is 22.4 Å². The Bertz CT molecular complexity index is 390. The van der Waals surface area contributed by atoms with Gasteiger partial charge in [0.1, 0.15) is 0 Å². The standard InChI is InChI=1S/C14H25N3O2S/c1-3-12-13(11-15-5-9-18-2)20-14(16-12)17-6-4-8-19-10-7-17/h15H,3-11H2,1-2H3. The van der Waals surface area contributed by atoms with Crippen molar-refractivity contribution in [2.24, 2.45) is 0 Å². The lowest BCUT2D eigenvalue weighted by Crippen LogP contribution is -2.25. The van der Waals surface area contributed by atoms with Crippen LogP contribution in [0.2, 0.25) is 0 Å². The summed E-state index contributed by atoms with van der Waals surface area (Å²) >= 11 is 1.81. The zero-order valence-electron chi connectivity index (χ0n) is 12.5. The van der Waals surface area contributed by atoms with Crippen LogP contribution >= 0.6 is 11.3 Å². The number of nitrogens with zero attached hydrogens (tertiary/aromatic N) is 2. The van der Waals surface area contributed by atoms with Gasteiger partial charge in [0, 0.05) is 44.8 Å². The van der Waals surface area contributed by atoms with E-state index in [1.165, 1.54) is 10.6 Å². The van der Waals surface area contributed by atoms with Crippen LogP contribution in [0.25, 0.3) is 0 Å². The number of rotatable bonds is 7. The molecular weight excluding hydrogens is 274 g/mol. The molecule has 0 radical (unpaired) electrons. The van der Waals surface area contributed by atoms with Gasteiger partial charge in [-0.25, -0.2) is 4.98 Å². The highest BCUT2D eigenvalue weighted by Gasteiger charge is 2.16. The Hall–Kier alpha value is -0.690. The van der Waals surface area contributed by atoms with E-state index in [4.69, 9.17) is 14.5 Å². The van der Waals surface area contributed by atoms with Crippen molar-refractivity contribution in [2.75, 3.05) is 51.5 Å². The maximum atomic E-state index is 5.51. The molecule has 0 bridgehead atoms. The van der Waals surface area contributed by atoms with E-state index in [9.17, 15) is 0 Å². The molecule has 2 heterocycles. The number of aromatic nitrogens is 1. The fourth-order valence-corrected chi connectivity index (χ4v) is 3.40.